The van der Waals surface area contributed by atoms with E-state index in [-0.39, 0.29) is 0 Å². The number of nitrogens with one attached hydrogen (secondary N) is 1. The summed E-state index contributed by atoms with van der Waals surface area (Å²) in [7, 11) is 4.04. The van der Waals surface area contributed by atoms with Gasteiger partial charge in [0.25, 0.3) is 0 Å². The Hall–Kier alpha value is -1.66. The fourth-order valence-corrected chi connectivity index (χ4v) is 1.88. The molecule has 1 N–H and O–H groups in total. The summed E-state index contributed by atoms with van der Waals surface area (Å²) in [5.41, 5.74) is 0.947. The van der Waals surface area contributed by atoms with Crippen LogP contribution in [0.1, 0.15) is 24.2 Å². The van der Waals surface area contributed by atoms with Crippen LogP contribution >= 0.6 is 0 Å². The molecule has 0 atom stereocenters. The van der Waals surface area contributed by atoms with Crippen LogP contribution in [0, 0.1) is 0 Å². The minimum absolute atomic E-state index is 0.728. The van der Waals surface area contributed by atoms with Crippen molar-refractivity contribution in [3.8, 4) is 0 Å². The minimum atomic E-state index is 0.728. The van der Waals surface area contributed by atoms with Gasteiger partial charge in [-0.25, -0.2) is 4.98 Å². The highest BCUT2D eigenvalue weighted by Gasteiger charge is 2.09. The van der Waals surface area contributed by atoms with Crippen LogP contribution in [-0.2, 0) is 26.7 Å². The second-order valence-corrected chi connectivity index (χ2v) is 4.69. The molecule has 0 unspecified atom stereocenters. The van der Waals surface area contributed by atoms with Crippen LogP contribution < -0.4 is 5.32 Å². The van der Waals surface area contributed by atoms with Crippen molar-refractivity contribution in [3.05, 3.63) is 35.7 Å². The van der Waals surface area contributed by atoms with Crippen molar-refractivity contribution in [2.75, 3.05) is 13.6 Å². The first-order valence-corrected chi connectivity index (χ1v) is 6.49. The third-order valence-corrected chi connectivity index (χ3v) is 2.92. The van der Waals surface area contributed by atoms with E-state index in [2.05, 4.69) is 27.3 Å². The smallest absolute Gasteiger partial charge is 0.151 e. The van der Waals surface area contributed by atoms with Crippen molar-refractivity contribution in [1.29, 1.82) is 0 Å². The fourth-order valence-electron chi connectivity index (χ4n) is 1.88. The van der Waals surface area contributed by atoms with E-state index in [1.165, 1.54) is 0 Å². The molecule has 6 heteroatoms. The van der Waals surface area contributed by atoms with Crippen LogP contribution in [-0.4, -0.2) is 33.2 Å². The summed E-state index contributed by atoms with van der Waals surface area (Å²) in [6, 6.07) is 2.00. The zero-order valence-corrected chi connectivity index (χ0v) is 11.8. The SMILES string of the molecule is CCNCc1cc(CN(C)Cc2nccn2C)on1. The van der Waals surface area contributed by atoms with Gasteiger partial charge in [-0.05, 0) is 13.6 Å². The molecule has 0 aliphatic rings. The van der Waals surface area contributed by atoms with Gasteiger partial charge in [0.05, 0.1) is 18.8 Å². The Morgan fingerprint density at radius 1 is 1.42 bits per heavy atom. The first-order valence-electron chi connectivity index (χ1n) is 6.49. The monoisotopic (exact) mass is 263 g/mol. The van der Waals surface area contributed by atoms with Crippen LogP contribution in [0.5, 0.6) is 0 Å². The van der Waals surface area contributed by atoms with Crippen LogP contribution in [0.2, 0.25) is 0 Å². The highest BCUT2D eigenvalue weighted by Crippen LogP contribution is 2.08. The van der Waals surface area contributed by atoms with E-state index >= 15 is 0 Å². The van der Waals surface area contributed by atoms with Gasteiger partial charge in [-0.15, -0.1) is 0 Å². The van der Waals surface area contributed by atoms with Gasteiger partial charge < -0.3 is 14.4 Å². The molecule has 0 bridgehead atoms. The van der Waals surface area contributed by atoms with Crippen molar-refractivity contribution in [3.63, 3.8) is 0 Å². The molecule has 19 heavy (non-hydrogen) atoms. The van der Waals surface area contributed by atoms with Crippen molar-refractivity contribution >= 4 is 0 Å². The lowest BCUT2D eigenvalue weighted by Crippen LogP contribution is -2.19. The molecular formula is C13H21N5O. The average Bonchev–Trinajstić information content (AvgIpc) is 2.97. The third-order valence-electron chi connectivity index (χ3n) is 2.92. The van der Waals surface area contributed by atoms with Gasteiger partial charge in [-0.1, -0.05) is 12.1 Å². The van der Waals surface area contributed by atoms with E-state index in [1.807, 2.05) is 37.1 Å². The van der Waals surface area contributed by atoms with E-state index < -0.39 is 0 Å². The Morgan fingerprint density at radius 3 is 2.95 bits per heavy atom. The summed E-state index contributed by atoms with van der Waals surface area (Å²) in [5.74, 6) is 1.92. The summed E-state index contributed by atoms with van der Waals surface area (Å²) >= 11 is 0. The summed E-state index contributed by atoms with van der Waals surface area (Å²) in [6.07, 6.45) is 3.76. The number of hydrogen-bond acceptors (Lipinski definition) is 5. The lowest BCUT2D eigenvalue weighted by Gasteiger charge is -2.13. The predicted octanol–water partition coefficient (Wildman–Crippen LogP) is 1.15. The van der Waals surface area contributed by atoms with Crippen LogP contribution in [0.15, 0.2) is 23.0 Å². The summed E-state index contributed by atoms with van der Waals surface area (Å²) in [5, 5.41) is 7.26. The Balaban J connectivity index is 1.86. The van der Waals surface area contributed by atoms with E-state index in [0.29, 0.717) is 0 Å². The molecule has 0 aliphatic heterocycles. The van der Waals surface area contributed by atoms with Gasteiger partial charge in [0, 0.05) is 32.1 Å². The molecule has 0 radical (unpaired) electrons. The maximum atomic E-state index is 5.32. The average molecular weight is 263 g/mol. The van der Waals surface area contributed by atoms with Crippen molar-refractivity contribution in [2.45, 2.75) is 26.6 Å². The summed E-state index contributed by atoms with van der Waals surface area (Å²) in [6.45, 7) is 5.27. The summed E-state index contributed by atoms with van der Waals surface area (Å²) < 4.78 is 7.34. The van der Waals surface area contributed by atoms with E-state index in [9.17, 15) is 0 Å². The number of aryl methyl sites for hydroxylation is 1. The molecule has 0 amide bonds. The largest absolute Gasteiger partial charge is 0.360 e. The minimum Gasteiger partial charge on any atom is -0.360 e. The summed E-state index contributed by atoms with van der Waals surface area (Å²) in [4.78, 5) is 6.46. The molecule has 0 aromatic carbocycles. The molecule has 2 aromatic rings. The number of hydrogen-bond donors (Lipinski definition) is 1. The highest BCUT2D eigenvalue weighted by molar-refractivity contribution is 5.05. The number of aromatic nitrogens is 3. The van der Waals surface area contributed by atoms with Gasteiger partial charge in [0.15, 0.2) is 5.76 Å². The molecule has 0 saturated carbocycles. The molecular weight excluding hydrogens is 242 g/mol. The molecule has 104 valence electrons. The Morgan fingerprint density at radius 2 is 2.26 bits per heavy atom. The van der Waals surface area contributed by atoms with Gasteiger partial charge in [0.2, 0.25) is 0 Å². The molecule has 2 aromatic heterocycles. The van der Waals surface area contributed by atoms with Gasteiger partial charge in [0.1, 0.15) is 5.82 Å². The number of rotatable bonds is 7. The standard InChI is InChI=1S/C13H21N5O/c1-4-14-8-11-7-12(19-16-11)9-17(2)10-13-15-5-6-18(13)3/h5-7,14H,4,8-10H2,1-3H3. The first-order chi connectivity index (χ1) is 9.19. The number of imidazole rings is 1. The Kier molecular flexibility index (Phi) is 4.70. The Bertz CT molecular complexity index is 505. The van der Waals surface area contributed by atoms with E-state index in [0.717, 1.165) is 43.5 Å². The van der Waals surface area contributed by atoms with E-state index in [1.54, 1.807) is 0 Å². The first kappa shape index (κ1) is 13.8. The molecule has 0 aliphatic carbocycles. The van der Waals surface area contributed by atoms with Crippen molar-refractivity contribution in [2.24, 2.45) is 7.05 Å². The van der Waals surface area contributed by atoms with Crippen LogP contribution in [0.25, 0.3) is 0 Å². The normalized spacial score (nSPS) is 11.4. The highest BCUT2D eigenvalue weighted by atomic mass is 16.5. The van der Waals surface area contributed by atoms with Gasteiger partial charge >= 0.3 is 0 Å². The molecule has 0 fully saturated rings. The molecule has 2 rings (SSSR count). The maximum Gasteiger partial charge on any atom is 0.151 e. The molecule has 0 spiro atoms. The van der Waals surface area contributed by atoms with Crippen LogP contribution in [0.3, 0.4) is 0 Å². The lowest BCUT2D eigenvalue weighted by molar-refractivity contribution is 0.259. The quantitative estimate of drug-likeness (QED) is 0.812. The zero-order chi connectivity index (χ0) is 13.7. The van der Waals surface area contributed by atoms with Crippen LogP contribution in [0.4, 0.5) is 0 Å². The van der Waals surface area contributed by atoms with Gasteiger partial charge in [-0.2, -0.15) is 0 Å². The third kappa shape index (κ3) is 3.90. The maximum absolute atomic E-state index is 5.32. The second-order valence-electron chi connectivity index (χ2n) is 4.69. The molecule has 2 heterocycles. The lowest BCUT2D eigenvalue weighted by atomic mass is 10.3. The predicted molar refractivity (Wildman–Crippen MR) is 72.3 cm³/mol. The topological polar surface area (TPSA) is 59.1 Å². The second kappa shape index (κ2) is 6.49. The fraction of sp³-hybridized carbons (Fsp3) is 0.538. The zero-order valence-electron chi connectivity index (χ0n) is 11.8. The Labute approximate surface area is 113 Å². The molecule has 0 saturated heterocycles. The van der Waals surface area contributed by atoms with Crippen molar-refractivity contribution in [1.82, 2.24) is 24.9 Å². The van der Waals surface area contributed by atoms with Crippen molar-refractivity contribution < 1.29 is 4.52 Å². The van der Waals surface area contributed by atoms with Gasteiger partial charge in [-0.3, -0.25) is 4.90 Å². The van der Waals surface area contributed by atoms with E-state index in [4.69, 9.17) is 4.52 Å². The molecule has 6 nitrogen and oxygen atoms in total. The number of nitrogens with zero attached hydrogens (tertiary/aromatic N) is 4.